The van der Waals surface area contributed by atoms with Gasteiger partial charge in [-0.25, -0.2) is 44.2 Å². The molecule has 3 heterocycles. The zero-order chi connectivity index (χ0) is 43.5. The van der Waals surface area contributed by atoms with Crippen LogP contribution in [0, 0.1) is 20.8 Å². The van der Waals surface area contributed by atoms with Gasteiger partial charge in [0.15, 0.2) is 0 Å². The lowest BCUT2D eigenvalue weighted by Crippen LogP contribution is -2.45. The van der Waals surface area contributed by atoms with Crippen LogP contribution in [0.2, 0.25) is 0 Å². The van der Waals surface area contributed by atoms with E-state index >= 15 is 0 Å². The molecular weight excluding hydrogens is 833 g/mol. The van der Waals surface area contributed by atoms with Crippen molar-refractivity contribution >= 4 is 20.0 Å². The van der Waals surface area contributed by atoms with Gasteiger partial charge in [0, 0.05) is 16.7 Å². The summed E-state index contributed by atoms with van der Waals surface area (Å²) in [5.41, 5.74) is -0.582. The van der Waals surface area contributed by atoms with E-state index in [0.29, 0.717) is 0 Å². The summed E-state index contributed by atoms with van der Waals surface area (Å²) in [6.07, 6.45) is 19.5. The Kier molecular flexibility index (Phi) is 12.5. The summed E-state index contributed by atoms with van der Waals surface area (Å²) >= 11 is 0. The Morgan fingerprint density at radius 2 is 0.717 bits per heavy atom. The molecule has 19 heteroatoms. The molecule has 7 rings (SSSR count). The Bertz CT molecular complexity index is 2500. The number of imidazole rings is 3. The molecule has 11 nitrogen and oxygen atoms in total. The Morgan fingerprint density at radius 1 is 0.467 bits per heavy atom. The third-order valence-corrected chi connectivity index (χ3v) is 12.8. The van der Waals surface area contributed by atoms with Crippen LogP contribution >= 0.6 is 0 Å². The van der Waals surface area contributed by atoms with E-state index in [1.54, 1.807) is 0 Å². The molecule has 0 saturated heterocycles. The van der Waals surface area contributed by atoms with Gasteiger partial charge < -0.3 is 0 Å². The van der Waals surface area contributed by atoms with E-state index in [1.165, 1.54) is 33.4 Å². The van der Waals surface area contributed by atoms with E-state index < -0.39 is 35.2 Å². The second-order valence-electron chi connectivity index (χ2n) is 13.8. The molecule has 0 radical (unpaired) electrons. The maximum atomic E-state index is 11.5. The lowest BCUT2D eigenvalue weighted by Gasteiger charge is -2.20. The molecule has 0 amide bonds. The van der Waals surface area contributed by atoms with Crippen molar-refractivity contribution in [1.82, 2.24) is 17.8 Å². The fraction of sp³-hybridized carbons (Fsp3) is 0.195. The molecule has 0 aliphatic rings. The van der Waals surface area contributed by atoms with E-state index in [1.807, 2.05) is 0 Å². The maximum absolute atomic E-state index is 11.5. The molecule has 0 spiro atoms. The third-order valence-electron chi connectivity index (χ3n) is 9.80. The Morgan fingerprint density at radius 3 is 0.950 bits per heavy atom. The van der Waals surface area contributed by atoms with Crippen molar-refractivity contribution in [2.45, 2.75) is 51.4 Å². The normalized spacial score (nSPS) is 12.3. The van der Waals surface area contributed by atoms with Crippen molar-refractivity contribution in [3.63, 3.8) is 0 Å². The summed E-state index contributed by atoms with van der Waals surface area (Å²) in [6.45, 7) is 9.33. The number of aromatic nitrogens is 6. The summed E-state index contributed by atoms with van der Waals surface area (Å²) in [4.78, 5) is 0. The van der Waals surface area contributed by atoms with Crippen molar-refractivity contribution in [3.8, 4) is 17.1 Å². The molecular formula is C41H40F6N7O4S2+3. The quantitative estimate of drug-likeness (QED) is 0.122. The van der Waals surface area contributed by atoms with E-state index in [0.717, 1.165) is 36.7 Å². The van der Waals surface area contributed by atoms with Crippen LogP contribution in [0.4, 0.5) is 26.3 Å². The number of sulfonamides is 2. The predicted octanol–water partition coefficient (Wildman–Crippen LogP) is 6.27. The molecule has 1 N–H and O–H groups in total. The van der Waals surface area contributed by atoms with E-state index in [4.69, 9.17) is 0 Å². The highest BCUT2D eigenvalue weighted by molar-refractivity contribution is 8.05. The summed E-state index contributed by atoms with van der Waals surface area (Å²) in [7, 11) is -13.2. The van der Waals surface area contributed by atoms with Crippen molar-refractivity contribution < 1.29 is 56.9 Å². The molecule has 4 aromatic carbocycles. The maximum Gasteiger partial charge on any atom is 0.512 e. The van der Waals surface area contributed by atoms with Crippen LogP contribution in [-0.4, -0.2) is 41.6 Å². The van der Waals surface area contributed by atoms with Crippen LogP contribution < -0.4 is 17.8 Å². The highest BCUT2D eigenvalue weighted by Crippen LogP contribution is 2.29. The van der Waals surface area contributed by atoms with Gasteiger partial charge in [0.1, 0.15) is 73.9 Å². The van der Waals surface area contributed by atoms with E-state index in [9.17, 15) is 43.2 Å². The van der Waals surface area contributed by atoms with Crippen LogP contribution in [-0.2, 0) is 39.7 Å². The Hall–Kier alpha value is -6.05. The largest absolute Gasteiger partial charge is 0.512 e. The van der Waals surface area contributed by atoms with E-state index in [2.05, 4.69) is 195 Å². The monoisotopic (exact) mass is 872 g/mol. The second-order valence-corrected chi connectivity index (χ2v) is 17.4. The fourth-order valence-electron chi connectivity index (χ4n) is 6.61. The molecule has 0 fully saturated rings. The standard InChI is InChI=1S/C39H39N6.C2HF6NO4S2/c1-31-37(25-40-19-22-43(28-40)34-13-7-4-8-14-34)32(2)39(27-42-21-24-45(30-42)36-17-11-6-12-18-36)33(3)38(31)26-41-20-23-44(29-41)35-15-9-5-10-16-35;3-1(4,5)14(10,11)9-15(12,13)2(6,7)8/h4-24,28-30H,25-27H2,1-3H3;9H/q+3;. The highest BCUT2D eigenvalue weighted by Gasteiger charge is 2.55. The predicted molar refractivity (Wildman–Crippen MR) is 209 cm³/mol. The third kappa shape index (κ3) is 9.86. The SMILES string of the molecule is Cc1c(C[n+]2ccn(-c3ccccc3)c2)c(C)c(C[n+]2ccn(-c3ccccc3)c2)c(C)c1C[n+]1ccn(-c2ccccc2)c1.O=S(=O)(NS(=O)(=O)C(F)(F)F)C(F)(F)F. The zero-order valence-electron chi connectivity index (χ0n) is 32.4. The molecule has 0 aliphatic heterocycles. The van der Waals surface area contributed by atoms with Crippen molar-refractivity contribution in [3.05, 3.63) is 181 Å². The van der Waals surface area contributed by atoms with Gasteiger partial charge in [-0.15, -0.1) is 0 Å². The molecule has 3 aromatic heterocycles. The number of benzene rings is 4. The summed E-state index contributed by atoms with van der Waals surface area (Å²) < 4.78 is 122. The van der Waals surface area contributed by atoms with Crippen LogP contribution in [0.15, 0.2) is 147 Å². The summed E-state index contributed by atoms with van der Waals surface area (Å²) in [5, 5.41) is 0. The van der Waals surface area contributed by atoms with Gasteiger partial charge in [0.2, 0.25) is 19.0 Å². The molecule has 0 atom stereocenters. The van der Waals surface area contributed by atoms with Crippen LogP contribution in [0.25, 0.3) is 17.1 Å². The first-order valence-corrected chi connectivity index (χ1v) is 21.1. The number of nitrogens with one attached hydrogen (secondary N) is 1. The minimum atomic E-state index is -6.60. The van der Waals surface area contributed by atoms with Gasteiger partial charge in [-0.05, 0) is 73.9 Å². The summed E-state index contributed by atoms with van der Waals surface area (Å²) in [6, 6.07) is 31.5. The number of halogens is 6. The molecule has 0 aliphatic carbocycles. The zero-order valence-corrected chi connectivity index (χ0v) is 34.0. The van der Waals surface area contributed by atoms with Crippen molar-refractivity contribution in [2.75, 3.05) is 0 Å². The highest BCUT2D eigenvalue weighted by atomic mass is 32.3. The van der Waals surface area contributed by atoms with Crippen LogP contribution in [0.3, 0.4) is 0 Å². The van der Waals surface area contributed by atoms with Crippen molar-refractivity contribution in [1.29, 1.82) is 0 Å². The first-order valence-electron chi connectivity index (χ1n) is 18.1. The van der Waals surface area contributed by atoms with Gasteiger partial charge in [-0.2, -0.15) is 26.3 Å². The second kappa shape index (κ2) is 17.3. The van der Waals surface area contributed by atoms with Crippen molar-refractivity contribution in [2.24, 2.45) is 0 Å². The lowest BCUT2D eigenvalue weighted by molar-refractivity contribution is -0.689. The molecule has 0 saturated carbocycles. The average Bonchev–Trinajstić information content (AvgIpc) is 3.99. The first-order chi connectivity index (χ1) is 28.2. The first kappa shape index (κ1) is 43.5. The van der Waals surface area contributed by atoms with Gasteiger partial charge >= 0.3 is 31.1 Å². The van der Waals surface area contributed by atoms with Gasteiger partial charge in [-0.3, -0.25) is 0 Å². The smallest absolute Gasteiger partial charge is 0.232 e. The number of hydrogen-bond acceptors (Lipinski definition) is 4. The molecule has 7 aromatic rings. The average molecular weight is 873 g/mol. The fourth-order valence-corrected chi connectivity index (χ4v) is 8.52. The number of rotatable bonds is 11. The minimum absolute atomic E-state index is 0.493. The molecule has 314 valence electrons. The van der Waals surface area contributed by atoms with E-state index in [-0.39, 0.29) is 0 Å². The van der Waals surface area contributed by atoms with Crippen LogP contribution in [0.1, 0.15) is 33.4 Å². The minimum Gasteiger partial charge on any atom is -0.232 e. The molecule has 0 bridgehead atoms. The topological polar surface area (TPSA) is 107 Å². The number of para-hydroxylation sites is 3. The lowest BCUT2D eigenvalue weighted by atomic mass is 9.87. The van der Waals surface area contributed by atoms with Gasteiger partial charge in [-0.1, -0.05) is 58.7 Å². The Labute approximate surface area is 342 Å². The number of nitrogens with zero attached hydrogens (tertiary/aromatic N) is 6. The van der Waals surface area contributed by atoms with Crippen LogP contribution in [0.5, 0.6) is 0 Å². The molecule has 60 heavy (non-hydrogen) atoms. The van der Waals surface area contributed by atoms with Gasteiger partial charge in [0.25, 0.3) is 0 Å². The number of hydrogen-bond donors (Lipinski definition) is 1. The number of alkyl halides is 6. The molecule has 0 unspecified atom stereocenters. The summed E-state index contributed by atoms with van der Waals surface area (Å²) in [5.74, 6) is 0. The Balaban J connectivity index is 0.000000345. The van der Waals surface area contributed by atoms with Gasteiger partial charge in [0.05, 0.1) is 0 Å².